The van der Waals surface area contributed by atoms with E-state index in [1.807, 2.05) is 0 Å². The predicted octanol–water partition coefficient (Wildman–Crippen LogP) is 0.180. The summed E-state index contributed by atoms with van der Waals surface area (Å²) in [5, 5.41) is 20.8. The number of hydrogen-bond donors (Lipinski definition) is 3. The second-order valence-electron chi connectivity index (χ2n) is 4.53. The minimum atomic E-state index is -0.967. The molecule has 2 amide bonds. The Morgan fingerprint density at radius 3 is 2.71 bits per heavy atom. The fraction of sp³-hybridized carbons (Fsp3) is 0.462. The third kappa shape index (κ3) is 6.19. The molecule has 0 aromatic carbocycles. The van der Waals surface area contributed by atoms with Gasteiger partial charge in [-0.3, -0.25) is 9.78 Å². The second kappa shape index (κ2) is 8.18. The van der Waals surface area contributed by atoms with E-state index < -0.39 is 18.1 Å². The van der Waals surface area contributed by atoms with E-state index in [1.165, 1.54) is 24.3 Å². The van der Waals surface area contributed by atoms with Crippen LogP contribution in [0.5, 0.6) is 0 Å². The SMILES string of the molecule is COCC(O)CN(C)C(=O)Nc1ccc(CC(=O)O)nc1. The number of carboxylic acids is 1. The van der Waals surface area contributed by atoms with Gasteiger partial charge in [0.1, 0.15) is 0 Å². The van der Waals surface area contributed by atoms with E-state index in [0.717, 1.165) is 0 Å². The highest BCUT2D eigenvalue weighted by molar-refractivity contribution is 5.88. The number of methoxy groups -OCH3 is 1. The number of likely N-dealkylation sites (N-methyl/N-ethyl adjacent to an activating group) is 1. The molecular formula is C13H19N3O5. The Morgan fingerprint density at radius 2 is 2.19 bits per heavy atom. The number of rotatable bonds is 7. The summed E-state index contributed by atoms with van der Waals surface area (Å²) in [7, 11) is 3.01. The monoisotopic (exact) mass is 297 g/mol. The predicted molar refractivity (Wildman–Crippen MR) is 75.1 cm³/mol. The van der Waals surface area contributed by atoms with Crippen LogP contribution in [0.1, 0.15) is 5.69 Å². The number of aromatic nitrogens is 1. The number of urea groups is 1. The molecular weight excluding hydrogens is 278 g/mol. The number of carbonyl (C=O) groups is 2. The van der Waals surface area contributed by atoms with Crippen LogP contribution in [-0.4, -0.2) is 65.5 Å². The fourth-order valence-corrected chi connectivity index (χ4v) is 1.62. The van der Waals surface area contributed by atoms with Crippen molar-refractivity contribution in [2.45, 2.75) is 12.5 Å². The molecule has 0 aliphatic rings. The Morgan fingerprint density at radius 1 is 1.48 bits per heavy atom. The van der Waals surface area contributed by atoms with Gasteiger partial charge in [-0.15, -0.1) is 0 Å². The van der Waals surface area contributed by atoms with Gasteiger partial charge in [0.2, 0.25) is 0 Å². The van der Waals surface area contributed by atoms with E-state index in [4.69, 9.17) is 9.84 Å². The molecule has 1 aromatic rings. The van der Waals surface area contributed by atoms with Crippen LogP contribution in [0.25, 0.3) is 0 Å². The van der Waals surface area contributed by atoms with Crippen LogP contribution < -0.4 is 5.32 Å². The van der Waals surface area contributed by atoms with Crippen molar-refractivity contribution in [3.8, 4) is 0 Å². The van der Waals surface area contributed by atoms with Gasteiger partial charge in [0.05, 0.1) is 43.3 Å². The van der Waals surface area contributed by atoms with Gasteiger partial charge in [-0.25, -0.2) is 4.79 Å². The van der Waals surface area contributed by atoms with Crippen LogP contribution in [0, 0.1) is 0 Å². The highest BCUT2D eigenvalue weighted by atomic mass is 16.5. The molecule has 0 fully saturated rings. The summed E-state index contributed by atoms with van der Waals surface area (Å²) in [5.41, 5.74) is 0.853. The number of aliphatic hydroxyl groups excluding tert-OH is 1. The van der Waals surface area contributed by atoms with Gasteiger partial charge in [0.25, 0.3) is 0 Å². The Balaban J connectivity index is 2.52. The third-order valence-electron chi connectivity index (χ3n) is 2.60. The Bertz CT molecular complexity index is 477. The summed E-state index contributed by atoms with van der Waals surface area (Å²) >= 11 is 0. The van der Waals surface area contributed by atoms with E-state index >= 15 is 0 Å². The van der Waals surface area contributed by atoms with Crippen molar-refractivity contribution < 1.29 is 24.5 Å². The third-order valence-corrected chi connectivity index (χ3v) is 2.60. The summed E-state index contributed by atoms with van der Waals surface area (Å²) in [6.45, 7) is 0.271. The van der Waals surface area contributed by atoms with Gasteiger partial charge in [0, 0.05) is 14.2 Å². The van der Waals surface area contributed by atoms with Crippen LogP contribution >= 0.6 is 0 Å². The highest BCUT2D eigenvalue weighted by Gasteiger charge is 2.13. The van der Waals surface area contributed by atoms with Crippen LogP contribution in [0.2, 0.25) is 0 Å². The molecule has 0 aliphatic heterocycles. The topological polar surface area (TPSA) is 112 Å². The van der Waals surface area contributed by atoms with Crippen molar-refractivity contribution in [2.24, 2.45) is 0 Å². The largest absolute Gasteiger partial charge is 0.481 e. The molecule has 116 valence electrons. The van der Waals surface area contributed by atoms with Crippen molar-refractivity contribution in [3.63, 3.8) is 0 Å². The lowest BCUT2D eigenvalue weighted by Crippen LogP contribution is -2.38. The normalized spacial score (nSPS) is 11.8. The van der Waals surface area contributed by atoms with E-state index in [9.17, 15) is 14.7 Å². The number of anilines is 1. The molecule has 1 rings (SSSR count). The van der Waals surface area contributed by atoms with E-state index in [-0.39, 0.29) is 19.6 Å². The second-order valence-corrected chi connectivity index (χ2v) is 4.53. The first kappa shape index (κ1) is 16.9. The molecule has 0 saturated carbocycles. The molecule has 21 heavy (non-hydrogen) atoms. The maximum absolute atomic E-state index is 11.9. The summed E-state index contributed by atoms with van der Waals surface area (Å²) in [5.74, 6) is -0.967. The van der Waals surface area contributed by atoms with Crippen LogP contribution in [-0.2, 0) is 16.0 Å². The Labute approximate surface area is 122 Å². The number of aliphatic hydroxyl groups is 1. The smallest absolute Gasteiger partial charge is 0.321 e. The minimum absolute atomic E-state index is 0.129. The van der Waals surface area contributed by atoms with Gasteiger partial charge in [-0.05, 0) is 12.1 Å². The van der Waals surface area contributed by atoms with Gasteiger partial charge in [-0.2, -0.15) is 0 Å². The zero-order valence-electron chi connectivity index (χ0n) is 11.9. The van der Waals surface area contributed by atoms with Crippen LogP contribution in [0.3, 0.4) is 0 Å². The number of aliphatic carboxylic acids is 1. The van der Waals surface area contributed by atoms with Crippen LogP contribution in [0.4, 0.5) is 10.5 Å². The number of nitrogens with one attached hydrogen (secondary N) is 1. The first-order valence-corrected chi connectivity index (χ1v) is 6.28. The lowest BCUT2D eigenvalue weighted by atomic mass is 10.2. The molecule has 1 atom stereocenters. The quantitative estimate of drug-likeness (QED) is 0.662. The van der Waals surface area contributed by atoms with E-state index in [1.54, 1.807) is 13.1 Å². The standard InChI is InChI=1S/C13H19N3O5/c1-16(7-11(17)8-21-2)13(20)15-10-4-3-9(14-6-10)5-12(18)19/h3-4,6,11,17H,5,7-8H2,1-2H3,(H,15,20)(H,18,19). The van der Waals surface area contributed by atoms with Gasteiger partial charge < -0.3 is 25.2 Å². The maximum atomic E-state index is 11.9. The lowest BCUT2D eigenvalue weighted by molar-refractivity contribution is -0.136. The van der Waals surface area contributed by atoms with Crippen molar-refractivity contribution >= 4 is 17.7 Å². The number of nitrogens with zero attached hydrogens (tertiary/aromatic N) is 2. The van der Waals surface area contributed by atoms with Gasteiger partial charge >= 0.3 is 12.0 Å². The number of carboxylic acid groups (broad SMARTS) is 1. The number of carbonyl (C=O) groups excluding carboxylic acids is 1. The average molecular weight is 297 g/mol. The number of pyridine rings is 1. The molecule has 1 unspecified atom stereocenters. The molecule has 0 bridgehead atoms. The molecule has 8 nitrogen and oxygen atoms in total. The first-order chi connectivity index (χ1) is 9.92. The summed E-state index contributed by atoms with van der Waals surface area (Å²) in [6.07, 6.45) is 0.453. The lowest BCUT2D eigenvalue weighted by Gasteiger charge is -2.20. The zero-order chi connectivity index (χ0) is 15.8. The first-order valence-electron chi connectivity index (χ1n) is 6.28. The molecule has 8 heteroatoms. The average Bonchev–Trinajstić information content (AvgIpc) is 2.40. The maximum Gasteiger partial charge on any atom is 0.321 e. The molecule has 3 N–H and O–H groups in total. The number of ether oxygens (including phenoxy) is 1. The van der Waals surface area contributed by atoms with Crippen LogP contribution in [0.15, 0.2) is 18.3 Å². The fourth-order valence-electron chi connectivity index (χ4n) is 1.62. The van der Waals surface area contributed by atoms with Crippen molar-refractivity contribution in [1.29, 1.82) is 0 Å². The van der Waals surface area contributed by atoms with Gasteiger partial charge in [-0.1, -0.05) is 0 Å². The van der Waals surface area contributed by atoms with Crippen molar-refractivity contribution in [3.05, 3.63) is 24.0 Å². The molecule has 1 heterocycles. The van der Waals surface area contributed by atoms with Crippen molar-refractivity contribution in [1.82, 2.24) is 9.88 Å². The molecule has 0 spiro atoms. The minimum Gasteiger partial charge on any atom is -0.481 e. The van der Waals surface area contributed by atoms with Crippen molar-refractivity contribution in [2.75, 3.05) is 32.6 Å². The van der Waals surface area contributed by atoms with Gasteiger partial charge in [0.15, 0.2) is 0 Å². The zero-order valence-corrected chi connectivity index (χ0v) is 11.9. The van der Waals surface area contributed by atoms with E-state index in [2.05, 4.69) is 10.3 Å². The molecule has 0 radical (unpaired) electrons. The molecule has 0 aliphatic carbocycles. The van der Waals surface area contributed by atoms with E-state index in [0.29, 0.717) is 11.4 Å². The molecule has 1 aromatic heterocycles. The number of hydrogen-bond acceptors (Lipinski definition) is 5. The highest BCUT2D eigenvalue weighted by Crippen LogP contribution is 2.08. The Kier molecular flexibility index (Phi) is 6.57. The molecule has 0 saturated heterocycles. The Hall–Kier alpha value is -2.19. The summed E-state index contributed by atoms with van der Waals surface area (Å²) in [6, 6.07) is 2.70. The summed E-state index contributed by atoms with van der Waals surface area (Å²) in [4.78, 5) is 27.6. The summed E-state index contributed by atoms with van der Waals surface area (Å²) < 4.78 is 4.78. The number of amides is 2.